The summed E-state index contributed by atoms with van der Waals surface area (Å²) in [6.07, 6.45) is -5.28. The number of benzene rings is 1. The Morgan fingerprint density at radius 1 is 1.00 bits per heavy atom. The lowest BCUT2D eigenvalue weighted by Crippen LogP contribution is -2.80. The maximum absolute atomic E-state index is 13.5. The Morgan fingerprint density at radius 2 is 1.71 bits per heavy atom. The van der Waals surface area contributed by atoms with Crippen LogP contribution in [0.15, 0.2) is 30.3 Å². The Balaban J connectivity index is 1.47. The van der Waals surface area contributed by atoms with Crippen molar-refractivity contribution in [1.29, 1.82) is 0 Å². The number of aliphatic hydroxyl groups excluding tert-OH is 2. The number of fused-ring (bicyclic) bond motifs is 2. The van der Waals surface area contributed by atoms with Gasteiger partial charge in [0.2, 0.25) is 0 Å². The second kappa shape index (κ2) is 9.42. The molecular formula is C31H43NO10. The van der Waals surface area contributed by atoms with Gasteiger partial charge in [-0.2, -0.15) is 0 Å². The number of methoxy groups -OCH3 is 4. The molecule has 4 N–H and O–H groups in total. The first kappa shape index (κ1) is 29.1. The van der Waals surface area contributed by atoms with Crippen LogP contribution >= 0.6 is 0 Å². The van der Waals surface area contributed by atoms with Crippen LogP contribution in [0.2, 0.25) is 0 Å². The van der Waals surface area contributed by atoms with Gasteiger partial charge in [-0.1, -0.05) is 18.2 Å². The Kier molecular flexibility index (Phi) is 6.52. The third-order valence-electron chi connectivity index (χ3n) is 12.6. The van der Waals surface area contributed by atoms with E-state index in [9.17, 15) is 25.2 Å². The average Bonchev–Trinajstić information content (AvgIpc) is 3.37. The third kappa shape index (κ3) is 3.05. The number of hydrogen-bond acceptors (Lipinski definition) is 11. The molecule has 1 aliphatic heterocycles. The number of nitrogens with zero attached hydrogens (tertiary/aromatic N) is 1. The lowest BCUT2D eigenvalue weighted by atomic mass is 9.42. The fourth-order valence-electron chi connectivity index (χ4n) is 11.8. The summed E-state index contributed by atoms with van der Waals surface area (Å²) in [7, 11) is 8.22. The van der Waals surface area contributed by atoms with E-state index >= 15 is 0 Å². The van der Waals surface area contributed by atoms with Gasteiger partial charge in [0.15, 0.2) is 0 Å². The highest BCUT2D eigenvalue weighted by atomic mass is 16.6. The number of piperidine rings is 1. The molecule has 6 fully saturated rings. The van der Waals surface area contributed by atoms with E-state index in [4.69, 9.17) is 23.7 Å². The van der Waals surface area contributed by atoms with E-state index in [-0.39, 0.29) is 25.0 Å². The molecule has 1 aromatic rings. The van der Waals surface area contributed by atoms with Gasteiger partial charge in [0.05, 0.1) is 30.5 Å². The summed E-state index contributed by atoms with van der Waals surface area (Å²) < 4.78 is 30.3. The number of ether oxygens (including phenoxy) is 5. The lowest BCUT2D eigenvalue weighted by molar-refractivity contribution is -0.318. The Labute approximate surface area is 245 Å². The van der Waals surface area contributed by atoms with Crippen LogP contribution in [0.3, 0.4) is 0 Å². The highest BCUT2D eigenvalue weighted by molar-refractivity contribution is 5.89. The van der Waals surface area contributed by atoms with Crippen LogP contribution in [0.1, 0.15) is 23.2 Å². The minimum Gasteiger partial charge on any atom is -0.455 e. The van der Waals surface area contributed by atoms with Crippen LogP contribution in [0.5, 0.6) is 0 Å². The lowest BCUT2D eigenvalue weighted by Gasteiger charge is -2.69. The zero-order chi connectivity index (χ0) is 30.0. The van der Waals surface area contributed by atoms with Crippen molar-refractivity contribution in [3.63, 3.8) is 0 Å². The van der Waals surface area contributed by atoms with Crippen LogP contribution < -0.4 is 0 Å². The Morgan fingerprint density at radius 3 is 2.33 bits per heavy atom. The standard InChI is InChI=1S/C31H43NO10/c1-32-13-28(14-38-2)17(33)11-18(39-3)30-16-12-29(36)25(42-27(35)15-9-7-6-8-10-15)19(16)31(37,24(34)26(29)41-5)20(23(30)32)21(40-4)22(28)30/h6-10,16-26,33-34,36-37H,11-14H2,1-5H3/t16?,17?,18?,19?,20?,21?,22?,23-,24+,25?,26?,28+,29-,30?,31-/m1/s1. The number of hydrogen-bond donors (Lipinski definition) is 4. The Bertz CT molecular complexity index is 1240. The van der Waals surface area contributed by atoms with Crippen LogP contribution in [-0.4, -0.2) is 134 Å². The van der Waals surface area contributed by atoms with Crippen LogP contribution in [0.4, 0.5) is 0 Å². The number of rotatable bonds is 7. The molecule has 1 saturated heterocycles. The summed E-state index contributed by atoms with van der Waals surface area (Å²) in [4.78, 5) is 15.7. The number of carbonyl (C=O) groups is 1. The van der Waals surface area contributed by atoms with E-state index in [2.05, 4.69) is 4.90 Å². The zero-order valence-corrected chi connectivity index (χ0v) is 24.8. The topological polar surface area (TPSA) is 147 Å². The number of carbonyl (C=O) groups excluding carboxylic acids is 1. The molecule has 11 nitrogen and oxygen atoms in total. The van der Waals surface area contributed by atoms with Gasteiger partial charge in [-0.15, -0.1) is 0 Å². The van der Waals surface area contributed by atoms with Gasteiger partial charge in [-0.25, -0.2) is 4.79 Å². The van der Waals surface area contributed by atoms with E-state index in [1.54, 1.807) is 51.7 Å². The number of aliphatic hydroxyl groups is 4. The molecule has 5 saturated carbocycles. The smallest absolute Gasteiger partial charge is 0.338 e. The second-order valence-corrected chi connectivity index (χ2v) is 13.7. The molecule has 1 aromatic carbocycles. The predicted molar refractivity (Wildman–Crippen MR) is 146 cm³/mol. The van der Waals surface area contributed by atoms with Crippen molar-refractivity contribution < 1.29 is 48.9 Å². The first-order chi connectivity index (χ1) is 20.0. The maximum atomic E-state index is 13.5. The van der Waals surface area contributed by atoms with E-state index < -0.39 is 82.4 Å². The summed E-state index contributed by atoms with van der Waals surface area (Å²) in [5, 5.41) is 49.4. The fourth-order valence-corrected chi connectivity index (χ4v) is 11.8. The molecule has 10 unspecified atom stereocenters. The Hall–Kier alpha value is -1.67. The average molecular weight is 590 g/mol. The van der Waals surface area contributed by atoms with Crippen LogP contribution in [-0.2, 0) is 23.7 Å². The highest BCUT2D eigenvalue weighted by Crippen LogP contribution is 2.80. The van der Waals surface area contributed by atoms with Gasteiger partial charge >= 0.3 is 5.97 Å². The van der Waals surface area contributed by atoms with Gasteiger partial charge in [0.25, 0.3) is 0 Å². The van der Waals surface area contributed by atoms with Gasteiger partial charge in [-0.3, -0.25) is 0 Å². The van der Waals surface area contributed by atoms with Crippen molar-refractivity contribution in [3.05, 3.63) is 35.9 Å². The van der Waals surface area contributed by atoms with Crippen molar-refractivity contribution in [2.45, 2.75) is 66.7 Å². The van der Waals surface area contributed by atoms with Crippen molar-refractivity contribution in [2.24, 2.45) is 34.5 Å². The number of likely N-dealkylation sites (tertiary alicyclic amines) is 1. The molecule has 11 heteroatoms. The number of esters is 1. The highest BCUT2D eigenvalue weighted by Gasteiger charge is 2.91. The molecule has 42 heavy (non-hydrogen) atoms. The van der Waals surface area contributed by atoms with Gasteiger partial charge < -0.3 is 49.0 Å². The molecule has 0 aromatic heterocycles. The molecule has 1 heterocycles. The van der Waals surface area contributed by atoms with Crippen molar-refractivity contribution in [1.82, 2.24) is 4.90 Å². The largest absolute Gasteiger partial charge is 0.455 e. The molecule has 0 amide bonds. The molecule has 232 valence electrons. The van der Waals surface area contributed by atoms with Gasteiger partial charge in [0, 0.05) is 76.0 Å². The summed E-state index contributed by atoms with van der Waals surface area (Å²) in [6, 6.07) is 8.22. The first-order valence-electron chi connectivity index (χ1n) is 14.9. The second-order valence-electron chi connectivity index (χ2n) is 13.7. The van der Waals surface area contributed by atoms with E-state index in [0.29, 0.717) is 18.5 Å². The minimum absolute atomic E-state index is 0.102. The van der Waals surface area contributed by atoms with Gasteiger partial charge in [0.1, 0.15) is 29.5 Å². The quantitative estimate of drug-likeness (QED) is 0.311. The molecule has 5 aliphatic carbocycles. The van der Waals surface area contributed by atoms with E-state index in [1.807, 2.05) is 7.05 Å². The molecule has 0 radical (unpaired) electrons. The predicted octanol–water partition coefficient (Wildman–Crippen LogP) is -0.313. The molecule has 15 atom stereocenters. The van der Waals surface area contributed by atoms with Crippen LogP contribution in [0.25, 0.3) is 0 Å². The summed E-state index contributed by atoms with van der Waals surface area (Å²) in [5.41, 5.74) is -4.81. The van der Waals surface area contributed by atoms with Crippen LogP contribution in [0, 0.1) is 34.5 Å². The fraction of sp³-hybridized carbons (Fsp3) is 0.774. The zero-order valence-electron chi connectivity index (χ0n) is 24.8. The molecule has 1 spiro atoms. The van der Waals surface area contributed by atoms with E-state index in [0.717, 1.165) is 0 Å². The monoisotopic (exact) mass is 589 g/mol. The summed E-state index contributed by atoms with van der Waals surface area (Å²) in [6.45, 7) is 0.760. The summed E-state index contributed by atoms with van der Waals surface area (Å²) in [5.74, 6) is -2.96. The normalized spacial score (nSPS) is 53.7. The minimum atomic E-state index is -1.86. The molecular weight excluding hydrogens is 546 g/mol. The maximum Gasteiger partial charge on any atom is 0.338 e. The SMILES string of the molecule is COC[C@]12CN(C)[C@@H]3C4C(OC)C1C3(C(OC)CC2O)C1C[C@@]2(O)C(OC(=O)c3ccccc3)C1[C@]4(O)[C@@H](O)C2OC. The third-order valence-corrected chi connectivity index (χ3v) is 12.6. The van der Waals surface area contributed by atoms with Crippen molar-refractivity contribution in [2.75, 3.05) is 48.6 Å². The van der Waals surface area contributed by atoms with E-state index in [1.165, 1.54) is 7.11 Å². The summed E-state index contributed by atoms with van der Waals surface area (Å²) >= 11 is 0. The first-order valence-corrected chi connectivity index (χ1v) is 14.9. The van der Waals surface area contributed by atoms with Gasteiger partial charge in [-0.05, 0) is 31.5 Å². The van der Waals surface area contributed by atoms with Crippen molar-refractivity contribution >= 4 is 5.97 Å². The molecule has 7 bridgehead atoms. The molecule has 6 aliphatic rings. The van der Waals surface area contributed by atoms with Crippen molar-refractivity contribution in [3.8, 4) is 0 Å². The molecule has 7 rings (SSSR count).